The quantitative estimate of drug-likeness (QED) is 0.637. The Morgan fingerprint density at radius 1 is 1.08 bits per heavy atom. The summed E-state index contributed by atoms with van der Waals surface area (Å²) in [6, 6.07) is 13.9. The van der Waals surface area contributed by atoms with Crippen molar-refractivity contribution in [1.29, 1.82) is 0 Å². The van der Waals surface area contributed by atoms with Crippen LogP contribution >= 0.6 is 0 Å². The molecule has 0 aromatic heterocycles. The number of hydrogen-bond acceptors (Lipinski definition) is 4. The minimum absolute atomic E-state index is 0.0473. The van der Waals surface area contributed by atoms with Crippen molar-refractivity contribution < 1.29 is 18.3 Å². The summed E-state index contributed by atoms with van der Waals surface area (Å²) in [6.45, 7) is 2.69. The number of hydrogen-bond donors (Lipinski definition) is 3. The molecule has 6 nitrogen and oxygen atoms in total. The van der Waals surface area contributed by atoms with Gasteiger partial charge in [-0.3, -0.25) is 0 Å². The van der Waals surface area contributed by atoms with Crippen LogP contribution < -0.4 is 10.0 Å². The molecule has 0 saturated carbocycles. The van der Waals surface area contributed by atoms with Crippen LogP contribution in [0.3, 0.4) is 0 Å². The van der Waals surface area contributed by atoms with Crippen LogP contribution in [0.2, 0.25) is 0 Å². The van der Waals surface area contributed by atoms with Crippen LogP contribution in [0.1, 0.15) is 29.3 Å². The average Bonchev–Trinajstić information content (AvgIpc) is 2.61. The maximum Gasteiger partial charge on any atom is 0.335 e. The molecule has 0 heterocycles. The highest BCUT2D eigenvalue weighted by atomic mass is 32.2. The van der Waals surface area contributed by atoms with E-state index in [0.717, 1.165) is 12.0 Å². The lowest BCUT2D eigenvalue weighted by Gasteiger charge is -2.14. The summed E-state index contributed by atoms with van der Waals surface area (Å²) in [5.74, 6) is -1.16. The van der Waals surface area contributed by atoms with Gasteiger partial charge in [0.1, 0.15) is 4.90 Å². The second-order valence-corrected chi connectivity index (χ2v) is 7.31. The molecule has 3 N–H and O–H groups in total. The monoisotopic (exact) mass is 362 g/mol. The van der Waals surface area contributed by atoms with E-state index in [0.29, 0.717) is 25.2 Å². The molecule has 0 atom stereocenters. The number of carbonyl (C=O) groups is 1. The summed E-state index contributed by atoms with van der Waals surface area (Å²) >= 11 is 0. The van der Waals surface area contributed by atoms with Crippen LogP contribution in [0, 0.1) is 0 Å². The molecular weight excluding hydrogens is 340 g/mol. The van der Waals surface area contributed by atoms with Gasteiger partial charge in [-0.2, -0.15) is 0 Å². The Morgan fingerprint density at radius 2 is 1.80 bits per heavy atom. The first-order chi connectivity index (χ1) is 11.9. The minimum Gasteiger partial charge on any atom is -0.478 e. The van der Waals surface area contributed by atoms with E-state index in [1.165, 1.54) is 18.2 Å². The topological polar surface area (TPSA) is 95.5 Å². The van der Waals surface area contributed by atoms with Gasteiger partial charge in [0, 0.05) is 13.1 Å². The van der Waals surface area contributed by atoms with Crippen LogP contribution in [0.5, 0.6) is 0 Å². The lowest BCUT2D eigenvalue weighted by atomic mass is 10.1. The molecule has 0 bridgehead atoms. The molecule has 0 aliphatic carbocycles. The van der Waals surface area contributed by atoms with E-state index >= 15 is 0 Å². The molecule has 0 spiro atoms. The molecule has 0 unspecified atom stereocenters. The van der Waals surface area contributed by atoms with Gasteiger partial charge < -0.3 is 10.4 Å². The molecule has 134 valence electrons. The van der Waals surface area contributed by atoms with Crippen molar-refractivity contribution in [1.82, 2.24) is 4.72 Å². The molecule has 0 radical (unpaired) electrons. The lowest BCUT2D eigenvalue weighted by molar-refractivity contribution is 0.0696. The van der Waals surface area contributed by atoms with E-state index in [9.17, 15) is 13.2 Å². The SMILES string of the molecule is CCCNS(=O)(=O)c1cc(C(=O)O)ccc1NCCc1ccccc1. The Balaban J connectivity index is 2.22. The van der Waals surface area contributed by atoms with E-state index in [4.69, 9.17) is 5.11 Å². The summed E-state index contributed by atoms with van der Waals surface area (Å²) in [4.78, 5) is 11.1. The smallest absolute Gasteiger partial charge is 0.335 e. The third kappa shape index (κ3) is 5.30. The maximum absolute atomic E-state index is 12.5. The normalized spacial score (nSPS) is 11.2. The number of aromatic carboxylic acids is 1. The van der Waals surface area contributed by atoms with Crippen molar-refractivity contribution >= 4 is 21.7 Å². The van der Waals surface area contributed by atoms with Crippen molar-refractivity contribution in [3.63, 3.8) is 0 Å². The zero-order chi connectivity index (χ0) is 18.3. The summed E-state index contributed by atoms with van der Waals surface area (Å²) in [5, 5.41) is 12.2. The fraction of sp³-hybridized carbons (Fsp3) is 0.278. The van der Waals surface area contributed by atoms with E-state index in [1.807, 2.05) is 37.3 Å². The number of nitrogens with one attached hydrogen (secondary N) is 2. The molecule has 0 fully saturated rings. The van der Waals surface area contributed by atoms with Gasteiger partial charge in [0.25, 0.3) is 0 Å². The van der Waals surface area contributed by atoms with Crippen LogP contribution in [-0.2, 0) is 16.4 Å². The van der Waals surface area contributed by atoms with Gasteiger partial charge in [0.15, 0.2) is 0 Å². The van der Waals surface area contributed by atoms with Gasteiger partial charge in [-0.25, -0.2) is 17.9 Å². The third-order valence-electron chi connectivity index (χ3n) is 3.63. The summed E-state index contributed by atoms with van der Waals surface area (Å²) in [6.07, 6.45) is 1.37. The molecule has 2 rings (SSSR count). The first-order valence-corrected chi connectivity index (χ1v) is 9.57. The van der Waals surface area contributed by atoms with Gasteiger partial charge in [-0.15, -0.1) is 0 Å². The fourth-order valence-corrected chi connectivity index (χ4v) is 3.66. The van der Waals surface area contributed by atoms with Crippen LogP contribution in [0.4, 0.5) is 5.69 Å². The number of carboxylic acids is 1. The Bertz CT molecular complexity index is 820. The molecule has 2 aromatic rings. The van der Waals surface area contributed by atoms with Crippen LogP contribution in [-0.4, -0.2) is 32.6 Å². The van der Waals surface area contributed by atoms with Gasteiger partial charge in [-0.1, -0.05) is 37.3 Å². The van der Waals surface area contributed by atoms with Crippen molar-refractivity contribution in [2.45, 2.75) is 24.7 Å². The second kappa shape index (κ2) is 8.64. The van der Waals surface area contributed by atoms with E-state index < -0.39 is 16.0 Å². The number of benzene rings is 2. The number of rotatable bonds is 9. The molecule has 7 heteroatoms. The van der Waals surface area contributed by atoms with Crippen molar-refractivity contribution in [3.8, 4) is 0 Å². The Morgan fingerprint density at radius 3 is 2.44 bits per heavy atom. The van der Waals surface area contributed by atoms with Crippen LogP contribution in [0.25, 0.3) is 0 Å². The second-order valence-electron chi connectivity index (χ2n) is 5.58. The van der Waals surface area contributed by atoms with Crippen LogP contribution in [0.15, 0.2) is 53.4 Å². The zero-order valence-electron chi connectivity index (χ0n) is 14.0. The molecule has 25 heavy (non-hydrogen) atoms. The molecule has 0 aliphatic heterocycles. The minimum atomic E-state index is -3.78. The molecule has 0 saturated heterocycles. The van der Waals surface area contributed by atoms with Crippen molar-refractivity contribution in [2.75, 3.05) is 18.4 Å². The first-order valence-electron chi connectivity index (χ1n) is 8.09. The molecular formula is C18H22N2O4S. The third-order valence-corrected chi connectivity index (χ3v) is 5.13. The first kappa shape index (κ1) is 19.0. The lowest BCUT2D eigenvalue weighted by Crippen LogP contribution is -2.26. The van der Waals surface area contributed by atoms with Crippen molar-refractivity contribution in [2.24, 2.45) is 0 Å². The van der Waals surface area contributed by atoms with Gasteiger partial charge in [0.2, 0.25) is 10.0 Å². The highest BCUT2D eigenvalue weighted by Crippen LogP contribution is 2.23. The maximum atomic E-state index is 12.5. The van der Waals surface area contributed by atoms with Gasteiger partial charge in [0.05, 0.1) is 11.3 Å². The predicted octanol–water partition coefficient (Wildman–Crippen LogP) is 2.73. The highest BCUT2D eigenvalue weighted by Gasteiger charge is 2.20. The van der Waals surface area contributed by atoms with Crippen molar-refractivity contribution in [3.05, 3.63) is 59.7 Å². The van der Waals surface area contributed by atoms with E-state index in [2.05, 4.69) is 10.0 Å². The largest absolute Gasteiger partial charge is 0.478 e. The van der Waals surface area contributed by atoms with E-state index in [-0.39, 0.29) is 10.5 Å². The Labute approximate surface area is 147 Å². The standard InChI is InChI=1S/C18H22N2O4S/c1-2-11-20-25(23,24)17-13-15(18(21)22)8-9-16(17)19-12-10-14-6-4-3-5-7-14/h3-9,13,19-20H,2,10-12H2,1H3,(H,21,22). The van der Waals surface area contributed by atoms with Gasteiger partial charge >= 0.3 is 5.97 Å². The highest BCUT2D eigenvalue weighted by molar-refractivity contribution is 7.89. The number of anilines is 1. The summed E-state index contributed by atoms with van der Waals surface area (Å²) in [7, 11) is -3.78. The zero-order valence-corrected chi connectivity index (χ0v) is 14.8. The molecule has 2 aromatic carbocycles. The fourth-order valence-electron chi connectivity index (χ4n) is 2.32. The Hall–Kier alpha value is -2.38. The Kier molecular flexibility index (Phi) is 6.55. The van der Waals surface area contributed by atoms with E-state index in [1.54, 1.807) is 0 Å². The van der Waals surface area contributed by atoms with Gasteiger partial charge in [-0.05, 0) is 36.6 Å². The number of carboxylic acid groups (broad SMARTS) is 1. The summed E-state index contributed by atoms with van der Waals surface area (Å²) < 4.78 is 27.4. The predicted molar refractivity (Wildman–Crippen MR) is 97.5 cm³/mol. The molecule has 0 aliphatic rings. The average molecular weight is 362 g/mol. The molecule has 0 amide bonds. The number of sulfonamides is 1. The summed E-state index contributed by atoms with van der Waals surface area (Å²) in [5.41, 5.74) is 1.46.